The molecule has 0 radical (unpaired) electrons. The van der Waals surface area contributed by atoms with Crippen LogP contribution in [0.5, 0.6) is 0 Å². The third-order valence-electron chi connectivity index (χ3n) is 11.0. The van der Waals surface area contributed by atoms with Crippen molar-refractivity contribution in [1.29, 1.82) is 0 Å². The molecule has 49 heavy (non-hydrogen) atoms. The quantitative estimate of drug-likeness (QED) is 0.172. The van der Waals surface area contributed by atoms with E-state index in [0.717, 1.165) is 0 Å². The smallest absolute Gasteiger partial charge is 0.0159 e. The Hall–Kier alpha value is -5.98. The second-order valence-corrected chi connectivity index (χ2v) is 14.0. The van der Waals surface area contributed by atoms with Crippen LogP contribution < -0.4 is 0 Å². The van der Waals surface area contributed by atoms with Crippen molar-refractivity contribution in [1.82, 2.24) is 0 Å². The van der Waals surface area contributed by atoms with E-state index in [4.69, 9.17) is 0 Å². The van der Waals surface area contributed by atoms with Crippen molar-refractivity contribution in [2.75, 3.05) is 0 Å². The Morgan fingerprint density at radius 2 is 0.796 bits per heavy atom. The predicted molar refractivity (Wildman–Crippen MR) is 210 cm³/mol. The van der Waals surface area contributed by atoms with Crippen LogP contribution in [-0.2, 0) is 5.41 Å². The fourth-order valence-electron chi connectivity index (χ4n) is 8.72. The average Bonchev–Trinajstić information content (AvgIpc) is 3.38. The summed E-state index contributed by atoms with van der Waals surface area (Å²) < 4.78 is 0. The molecular formula is C49H34. The first-order chi connectivity index (χ1) is 24.1. The minimum Gasteiger partial charge on any atom is -0.0619 e. The Balaban J connectivity index is 1.27. The van der Waals surface area contributed by atoms with Gasteiger partial charge in [-0.15, -0.1) is 0 Å². The van der Waals surface area contributed by atoms with Gasteiger partial charge in [-0.1, -0.05) is 166 Å². The number of fused-ring (bicyclic) bond motifs is 7. The number of rotatable bonds is 3. The van der Waals surface area contributed by atoms with E-state index in [2.05, 4.69) is 184 Å². The molecule has 0 N–H and O–H groups in total. The van der Waals surface area contributed by atoms with Gasteiger partial charge in [-0.3, -0.25) is 0 Å². The van der Waals surface area contributed by atoms with Gasteiger partial charge in [0.15, 0.2) is 0 Å². The Bertz CT molecular complexity index is 2730. The first kappa shape index (κ1) is 28.1. The van der Waals surface area contributed by atoms with Crippen LogP contribution in [-0.4, -0.2) is 0 Å². The Morgan fingerprint density at radius 3 is 1.49 bits per heavy atom. The predicted octanol–water partition coefficient (Wildman–Crippen LogP) is 13.6. The molecule has 0 heterocycles. The number of hydrogen-bond donors (Lipinski definition) is 0. The molecule has 0 aliphatic heterocycles. The molecule has 0 atom stereocenters. The summed E-state index contributed by atoms with van der Waals surface area (Å²) in [6, 6.07) is 63.2. The number of benzene rings is 9. The molecule has 0 aromatic heterocycles. The van der Waals surface area contributed by atoms with Crippen LogP contribution in [0.15, 0.2) is 170 Å². The van der Waals surface area contributed by atoms with Gasteiger partial charge in [0, 0.05) is 5.41 Å². The molecule has 10 rings (SSSR count). The van der Waals surface area contributed by atoms with Gasteiger partial charge in [-0.05, 0) is 117 Å². The Kier molecular flexibility index (Phi) is 6.02. The Morgan fingerprint density at radius 1 is 0.306 bits per heavy atom. The van der Waals surface area contributed by atoms with E-state index in [1.54, 1.807) is 0 Å². The van der Waals surface area contributed by atoms with Gasteiger partial charge in [0.25, 0.3) is 0 Å². The van der Waals surface area contributed by atoms with Gasteiger partial charge in [0.1, 0.15) is 0 Å². The highest BCUT2D eigenvalue weighted by atomic mass is 14.4. The highest BCUT2D eigenvalue weighted by molar-refractivity contribution is 6.25. The van der Waals surface area contributed by atoms with Crippen molar-refractivity contribution in [3.63, 3.8) is 0 Å². The average molecular weight is 623 g/mol. The topological polar surface area (TPSA) is 0 Å². The normalized spacial score (nSPS) is 13.3. The molecule has 230 valence electrons. The first-order valence-corrected chi connectivity index (χ1v) is 17.3. The zero-order valence-electron chi connectivity index (χ0n) is 27.7. The third kappa shape index (κ3) is 4.11. The van der Waals surface area contributed by atoms with Crippen molar-refractivity contribution < 1.29 is 0 Å². The Labute approximate surface area is 286 Å². The molecule has 0 nitrogen and oxygen atoms in total. The van der Waals surface area contributed by atoms with Crippen LogP contribution in [0.1, 0.15) is 25.0 Å². The lowest BCUT2D eigenvalue weighted by Gasteiger charge is -2.22. The van der Waals surface area contributed by atoms with Crippen molar-refractivity contribution in [2.24, 2.45) is 0 Å². The zero-order valence-corrected chi connectivity index (χ0v) is 27.7. The van der Waals surface area contributed by atoms with E-state index >= 15 is 0 Å². The van der Waals surface area contributed by atoms with Gasteiger partial charge < -0.3 is 0 Å². The van der Waals surface area contributed by atoms with Crippen molar-refractivity contribution >= 4 is 43.1 Å². The molecule has 0 spiro atoms. The summed E-state index contributed by atoms with van der Waals surface area (Å²) in [5.41, 5.74) is 13.1. The van der Waals surface area contributed by atoms with Crippen LogP contribution in [0, 0.1) is 0 Å². The zero-order chi connectivity index (χ0) is 32.7. The molecule has 9 aromatic carbocycles. The first-order valence-electron chi connectivity index (χ1n) is 17.3. The lowest BCUT2D eigenvalue weighted by atomic mass is 9.81. The fraction of sp³-hybridized carbons (Fsp3) is 0.0612. The van der Waals surface area contributed by atoms with Gasteiger partial charge in [-0.2, -0.15) is 0 Å². The molecule has 0 bridgehead atoms. The van der Waals surface area contributed by atoms with Gasteiger partial charge in [0.05, 0.1) is 0 Å². The molecule has 0 unspecified atom stereocenters. The van der Waals surface area contributed by atoms with Crippen molar-refractivity contribution in [3.8, 4) is 44.5 Å². The maximum atomic E-state index is 2.45. The largest absolute Gasteiger partial charge is 0.0619 e. The molecule has 1 aliphatic carbocycles. The summed E-state index contributed by atoms with van der Waals surface area (Å²) in [4.78, 5) is 0. The maximum absolute atomic E-state index is 2.45. The minimum atomic E-state index is -0.0501. The summed E-state index contributed by atoms with van der Waals surface area (Å²) >= 11 is 0. The molecule has 9 aromatic rings. The summed E-state index contributed by atoms with van der Waals surface area (Å²) in [6.07, 6.45) is 0. The van der Waals surface area contributed by atoms with Gasteiger partial charge >= 0.3 is 0 Å². The molecular weight excluding hydrogens is 589 g/mol. The lowest BCUT2D eigenvalue weighted by Crippen LogP contribution is -2.14. The second kappa shape index (κ2) is 10.5. The molecule has 0 saturated carbocycles. The second-order valence-electron chi connectivity index (χ2n) is 14.0. The molecule has 1 aliphatic rings. The van der Waals surface area contributed by atoms with E-state index in [1.807, 2.05) is 0 Å². The van der Waals surface area contributed by atoms with Crippen molar-refractivity contribution in [3.05, 3.63) is 181 Å². The standard InChI is InChI=1S/C49H34/c1-49(2)45-25-12-11-19-37(45)38-27-26-32(30-46(38)49)34-28-33-15-4-6-18-36(33)44(29-34)48-42-22-9-7-20-40(42)47(41-21-8-10-23-43(41)48)39-24-13-16-31-14-3-5-17-35(31)39/h3-30H,1-2H3. The van der Waals surface area contributed by atoms with Crippen LogP contribution in [0.2, 0.25) is 0 Å². The summed E-state index contributed by atoms with van der Waals surface area (Å²) in [7, 11) is 0. The highest BCUT2D eigenvalue weighted by Crippen LogP contribution is 2.51. The summed E-state index contributed by atoms with van der Waals surface area (Å²) in [5, 5.41) is 10.2. The van der Waals surface area contributed by atoms with E-state index in [0.29, 0.717) is 0 Å². The number of hydrogen-bond acceptors (Lipinski definition) is 0. The van der Waals surface area contributed by atoms with Crippen molar-refractivity contribution in [2.45, 2.75) is 19.3 Å². The maximum Gasteiger partial charge on any atom is 0.0159 e. The van der Waals surface area contributed by atoms with Crippen LogP contribution in [0.3, 0.4) is 0 Å². The lowest BCUT2D eigenvalue weighted by molar-refractivity contribution is 0.660. The molecule has 0 heteroatoms. The van der Waals surface area contributed by atoms with Crippen LogP contribution in [0.4, 0.5) is 0 Å². The molecule has 0 saturated heterocycles. The van der Waals surface area contributed by atoms with Gasteiger partial charge in [-0.25, -0.2) is 0 Å². The van der Waals surface area contributed by atoms with E-state index in [-0.39, 0.29) is 5.41 Å². The monoisotopic (exact) mass is 622 g/mol. The van der Waals surface area contributed by atoms with Crippen LogP contribution >= 0.6 is 0 Å². The highest BCUT2D eigenvalue weighted by Gasteiger charge is 2.35. The summed E-state index contributed by atoms with van der Waals surface area (Å²) in [6.45, 7) is 4.73. The third-order valence-corrected chi connectivity index (χ3v) is 11.0. The van der Waals surface area contributed by atoms with E-state index in [1.165, 1.54) is 98.7 Å². The van der Waals surface area contributed by atoms with Crippen LogP contribution in [0.25, 0.3) is 87.6 Å². The fourth-order valence-corrected chi connectivity index (χ4v) is 8.72. The molecule has 0 amide bonds. The van der Waals surface area contributed by atoms with E-state index < -0.39 is 0 Å². The molecule has 0 fully saturated rings. The van der Waals surface area contributed by atoms with E-state index in [9.17, 15) is 0 Å². The van der Waals surface area contributed by atoms with Gasteiger partial charge in [0.2, 0.25) is 0 Å². The summed E-state index contributed by atoms with van der Waals surface area (Å²) in [5.74, 6) is 0. The minimum absolute atomic E-state index is 0.0501. The SMILES string of the molecule is CC1(C)c2ccccc2-c2ccc(-c3cc(-c4c5ccccc5c(-c5cccc6ccccc56)c5ccccc45)c4ccccc4c3)cc21.